The number of rotatable bonds is 9. The molecule has 43 heavy (non-hydrogen) atoms. The number of fused-ring (bicyclic) bond motifs is 1. The van der Waals surface area contributed by atoms with Gasteiger partial charge in [0.25, 0.3) is 0 Å². The molecule has 1 atom stereocenters. The lowest BCUT2D eigenvalue weighted by atomic mass is 10.0. The molecule has 0 saturated carbocycles. The van der Waals surface area contributed by atoms with E-state index in [1.54, 1.807) is 46.4 Å². The molecule has 4 rings (SSSR count). The zero-order valence-corrected chi connectivity index (χ0v) is 25.9. The molecular formula is C35H42N2O6. The Hall–Kier alpha value is -4.33. The van der Waals surface area contributed by atoms with Crippen LogP contribution in [-0.2, 0) is 31.9 Å². The quantitative estimate of drug-likeness (QED) is 0.288. The van der Waals surface area contributed by atoms with Gasteiger partial charge < -0.3 is 24.4 Å². The number of ether oxygens (including phenoxy) is 3. The normalized spacial score (nSPS) is 13.6. The number of amides is 2. The molecule has 0 aromatic heterocycles. The molecule has 3 aromatic rings. The van der Waals surface area contributed by atoms with Crippen molar-refractivity contribution in [2.75, 3.05) is 18.1 Å². The first kappa shape index (κ1) is 31.6. The Labute approximate surface area is 254 Å². The van der Waals surface area contributed by atoms with Crippen LogP contribution in [0, 0.1) is 0 Å². The summed E-state index contributed by atoms with van der Waals surface area (Å²) < 4.78 is 17.0. The van der Waals surface area contributed by atoms with Gasteiger partial charge in [0.05, 0.1) is 18.7 Å². The van der Waals surface area contributed by atoms with Crippen LogP contribution >= 0.6 is 0 Å². The van der Waals surface area contributed by atoms with Gasteiger partial charge >= 0.3 is 12.1 Å². The number of esters is 1. The van der Waals surface area contributed by atoms with Crippen molar-refractivity contribution in [3.8, 4) is 16.9 Å². The Morgan fingerprint density at radius 3 is 2.12 bits per heavy atom. The molecular weight excluding hydrogens is 544 g/mol. The van der Waals surface area contributed by atoms with Crippen molar-refractivity contribution in [3.63, 3.8) is 0 Å². The van der Waals surface area contributed by atoms with E-state index < -0.39 is 35.2 Å². The maximum atomic E-state index is 13.8. The predicted molar refractivity (Wildman–Crippen MR) is 167 cm³/mol. The second kappa shape index (κ2) is 13.3. The number of nitrogens with one attached hydrogen (secondary N) is 1. The van der Waals surface area contributed by atoms with E-state index in [1.165, 1.54) is 16.7 Å². The molecule has 228 valence electrons. The van der Waals surface area contributed by atoms with Gasteiger partial charge in [0, 0.05) is 18.5 Å². The summed E-state index contributed by atoms with van der Waals surface area (Å²) in [5, 5.41) is 2.59. The first-order chi connectivity index (χ1) is 20.3. The van der Waals surface area contributed by atoms with E-state index in [-0.39, 0.29) is 6.42 Å². The van der Waals surface area contributed by atoms with Gasteiger partial charge in [0.15, 0.2) is 0 Å². The zero-order chi connectivity index (χ0) is 31.2. The molecule has 8 nitrogen and oxygen atoms in total. The number of alkyl carbamates (subject to hydrolysis) is 1. The monoisotopic (exact) mass is 586 g/mol. The second-order valence-corrected chi connectivity index (χ2v) is 12.6. The molecule has 0 aliphatic carbocycles. The van der Waals surface area contributed by atoms with Crippen molar-refractivity contribution in [1.82, 2.24) is 5.32 Å². The van der Waals surface area contributed by atoms with Gasteiger partial charge in [0.2, 0.25) is 5.91 Å². The van der Waals surface area contributed by atoms with Crippen LogP contribution < -0.4 is 15.0 Å². The highest BCUT2D eigenvalue weighted by atomic mass is 16.6. The lowest BCUT2D eigenvalue weighted by Gasteiger charge is -2.27. The molecule has 0 fully saturated rings. The summed E-state index contributed by atoms with van der Waals surface area (Å²) in [6, 6.07) is 23.2. The van der Waals surface area contributed by atoms with Crippen LogP contribution in [0.5, 0.6) is 5.75 Å². The van der Waals surface area contributed by atoms with E-state index >= 15 is 0 Å². The van der Waals surface area contributed by atoms with Crippen LogP contribution in [0.25, 0.3) is 11.1 Å². The van der Waals surface area contributed by atoms with Gasteiger partial charge in [-0.3, -0.25) is 9.59 Å². The SMILES string of the molecule is CC(C)(C)OC(=O)CC(NC(=O)OC(C)(C)C)C(=O)N1CCc2c(OCCc3ccc(-c4ccccc4)cc3)cccc21. The first-order valence-corrected chi connectivity index (χ1v) is 14.7. The van der Waals surface area contributed by atoms with Gasteiger partial charge in [-0.15, -0.1) is 0 Å². The fourth-order valence-electron chi connectivity index (χ4n) is 4.93. The third-order valence-corrected chi connectivity index (χ3v) is 6.74. The zero-order valence-electron chi connectivity index (χ0n) is 25.9. The molecule has 1 aliphatic heterocycles. The van der Waals surface area contributed by atoms with Crippen LogP contribution in [0.2, 0.25) is 0 Å². The molecule has 0 radical (unpaired) electrons. The molecule has 8 heteroatoms. The van der Waals surface area contributed by atoms with Crippen molar-refractivity contribution >= 4 is 23.7 Å². The summed E-state index contributed by atoms with van der Waals surface area (Å²) in [5.41, 5.74) is 3.65. The molecule has 0 saturated heterocycles. The van der Waals surface area contributed by atoms with Gasteiger partial charge in [-0.1, -0.05) is 60.7 Å². The number of anilines is 1. The molecule has 1 N–H and O–H groups in total. The molecule has 2 amide bonds. The minimum Gasteiger partial charge on any atom is -0.493 e. The molecule has 1 aliphatic rings. The topological polar surface area (TPSA) is 94.2 Å². The molecule has 0 spiro atoms. The molecule has 1 heterocycles. The average Bonchev–Trinajstić information content (AvgIpc) is 3.36. The van der Waals surface area contributed by atoms with E-state index in [9.17, 15) is 14.4 Å². The lowest BCUT2D eigenvalue weighted by Crippen LogP contribution is -2.50. The minimum absolute atomic E-state index is 0.319. The summed E-state index contributed by atoms with van der Waals surface area (Å²) in [6.07, 6.45) is 0.233. The van der Waals surface area contributed by atoms with Crippen molar-refractivity contribution < 1.29 is 28.6 Å². The Bertz CT molecular complexity index is 1390. The Morgan fingerprint density at radius 1 is 0.814 bits per heavy atom. The van der Waals surface area contributed by atoms with Gasteiger partial charge in [-0.25, -0.2) is 4.79 Å². The summed E-state index contributed by atoms with van der Waals surface area (Å²) in [4.78, 5) is 40.6. The smallest absolute Gasteiger partial charge is 0.408 e. The molecule has 0 bridgehead atoms. The van der Waals surface area contributed by atoms with Crippen LogP contribution in [0.3, 0.4) is 0 Å². The number of nitrogens with zero attached hydrogens (tertiary/aromatic N) is 1. The minimum atomic E-state index is -1.15. The van der Waals surface area contributed by atoms with Crippen LogP contribution in [0.15, 0.2) is 72.8 Å². The summed E-state index contributed by atoms with van der Waals surface area (Å²) >= 11 is 0. The first-order valence-electron chi connectivity index (χ1n) is 14.7. The maximum absolute atomic E-state index is 13.8. The summed E-state index contributed by atoms with van der Waals surface area (Å²) in [7, 11) is 0. The van der Waals surface area contributed by atoms with Crippen molar-refractivity contribution in [2.45, 2.75) is 78.0 Å². The second-order valence-electron chi connectivity index (χ2n) is 12.6. The number of hydrogen-bond acceptors (Lipinski definition) is 6. The van der Waals surface area contributed by atoms with E-state index in [1.807, 2.05) is 36.4 Å². The van der Waals surface area contributed by atoms with Gasteiger partial charge in [-0.05, 0) is 76.8 Å². The van der Waals surface area contributed by atoms with Crippen molar-refractivity contribution in [3.05, 3.63) is 83.9 Å². The summed E-state index contributed by atoms with van der Waals surface area (Å²) in [5.74, 6) is -0.279. The fraction of sp³-hybridized carbons (Fsp3) is 0.400. The summed E-state index contributed by atoms with van der Waals surface area (Å²) in [6.45, 7) is 11.3. The predicted octanol–water partition coefficient (Wildman–Crippen LogP) is 6.49. The highest BCUT2D eigenvalue weighted by Gasteiger charge is 2.35. The van der Waals surface area contributed by atoms with E-state index in [0.29, 0.717) is 25.3 Å². The van der Waals surface area contributed by atoms with Crippen molar-refractivity contribution in [1.29, 1.82) is 0 Å². The Kier molecular flexibility index (Phi) is 9.79. The van der Waals surface area contributed by atoms with Crippen LogP contribution in [0.1, 0.15) is 59.1 Å². The number of carbonyl (C=O) groups excluding carboxylic acids is 3. The van der Waals surface area contributed by atoms with Crippen molar-refractivity contribution in [2.24, 2.45) is 0 Å². The van der Waals surface area contributed by atoms with Gasteiger partial charge in [0.1, 0.15) is 23.0 Å². The Balaban J connectivity index is 1.43. The maximum Gasteiger partial charge on any atom is 0.408 e. The largest absolute Gasteiger partial charge is 0.493 e. The lowest BCUT2D eigenvalue weighted by molar-refractivity contribution is -0.156. The third-order valence-electron chi connectivity index (χ3n) is 6.74. The highest BCUT2D eigenvalue weighted by molar-refractivity contribution is 6.02. The van der Waals surface area contributed by atoms with Crippen LogP contribution in [0.4, 0.5) is 10.5 Å². The fourth-order valence-corrected chi connectivity index (χ4v) is 4.93. The average molecular weight is 587 g/mol. The highest BCUT2D eigenvalue weighted by Crippen LogP contribution is 2.36. The third kappa shape index (κ3) is 9.08. The number of benzene rings is 3. The molecule has 3 aromatic carbocycles. The number of hydrogen-bond donors (Lipinski definition) is 1. The van der Waals surface area contributed by atoms with E-state index in [2.05, 4.69) is 41.7 Å². The van der Waals surface area contributed by atoms with E-state index in [0.717, 1.165) is 17.7 Å². The molecule has 1 unspecified atom stereocenters. The standard InChI is InChI=1S/C35H42N2O6/c1-34(2,3)42-31(38)23-28(36-33(40)43-35(4,5)6)32(39)37-21-19-27-29(37)13-10-14-30(27)41-22-20-24-15-17-26(18-16-24)25-11-8-7-9-12-25/h7-18,28H,19-23H2,1-6H3,(H,36,40). The van der Waals surface area contributed by atoms with E-state index in [4.69, 9.17) is 14.2 Å². The Morgan fingerprint density at radius 2 is 1.47 bits per heavy atom. The number of carbonyl (C=O) groups is 3. The van der Waals surface area contributed by atoms with Crippen LogP contribution in [-0.4, -0.2) is 48.4 Å². The van der Waals surface area contributed by atoms with Gasteiger partial charge in [-0.2, -0.15) is 0 Å².